The molecule has 5 heteroatoms. The van der Waals surface area contributed by atoms with Gasteiger partial charge in [-0.1, -0.05) is 35.3 Å². The molecule has 0 radical (unpaired) electrons. The van der Waals surface area contributed by atoms with Crippen LogP contribution in [0.4, 0.5) is 5.69 Å². The number of hydrogen-bond donors (Lipinski definition) is 1. The second kappa shape index (κ2) is 6.64. The van der Waals surface area contributed by atoms with Crippen LogP contribution >= 0.6 is 23.2 Å². The fraction of sp³-hybridized carbons (Fsp3) is 0.133. The second-order valence-corrected chi connectivity index (χ2v) is 5.09. The number of carbonyl (C=O) groups is 1. The topological polar surface area (TPSA) is 38.3 Å². The monoisotopic (exact) mass is 309 g/mol. The van der Waals surface area contributed by atoms with E-state index in [1.807, 2.05) is 0 Å². The van der Waals surface area contributed by atoms with E-state index in [2.05, 4.69) is 5.32 Å². The van der Waals surface area contributed by atoms with Crippen molar-refractivity contribution >= 4 is 34.8 Å². The summed E-state index contributed by atoms with van der Waals surface area (Å²) in [6.07, 6.45) is -0.646. The van der Waals surface area contributed by atoms with Crippen molar-refractivity contribution in [3.8, 4) is 5.75 Å². The molecule has 20 heavy (non-hydrogen) atoms. The number of carbonyl (C=O) groups excluding carboxylic acids is 1. The highest BCUT2D eigenvalue weighted by atomic mass is 35.5. The van der Waals surface area contributed by atoms with Gasteiger partial charge in [0.15, 0.2) is 6.10 Å². The zero-order valence-electron chi connectivity index (χ0n) is 10.8. The van der Waals surface area contributed by atoms with Crippen LogP contribution in [0.3, 0.4) is 0 Å². The first-order chi connectivity index (χ1) is 9.54. The maximum absolute atomic E-state index is 12.0. The number of rotatable bonds is 4. The lowest BCUT2D eigenvalue weighted by Crippen LogP contribution is -2.30. The summed E-state index contributed by atoms with van der Waals surface area (Å²) in [6.45, 7) is 1.67. The van der Waals surface area contributed by atoms with Gasteiger partial charge in [0, 0.05) is 15.7 Å². The van der Waals surface area contributed by atoms with Gasteiger partial charge in [0.25, 0.3) is 5.91 Å². The molecule has 0 saturated carbocycles. The summed E-state index contributed by atoms with van der Waals surface area (Å²) < 4.78 is 5.53. The summed E-state index contributed by atoms with van der Waals surface area (Å²) in [4.78, 5) is 12.0. The minimum atomic E-state index is -0.646. The van der Waals surface area contributed by atoms with Crippen LogP contribution in [0.5, 0.6) is 5.75 Å². The van der Waals surface area contributed by atoms with Gasteiger partial charge in [-0.3, -0.25) is 4.79 Å². The Kier molecular flexibility index (Phi) is 4.88. The van der Waals surface area contributed by atoms with E-state index < -0.39 is 6.10 Å². The quantitative estimate of drug-likeness (QED) is 0.909. The summed E-state index contributed by atoms with van der Waals surface area (Å²) >= 11 is 11.7. The second-order valence-electron chi connectivity index (χ2n) is 4.22. The minimum Gasteiger partial charge on any atom is -0.481 e. The first kappa shape index (κ1) is 14.7. The fourth-order valence-corrected chi connectivity index (χ4v) is 1.98. The molecule has 1 amide bonds. The predicted molar refractivity (Wildman–Crippen MR) is 81.6 cm³/mol. The molecular weight excluding hydrogens is 297 g/mol. The lowest BCUT2D eigenvalue weighted by molar-refractivity contribution is -0.122. The van der Waals surface area contributed by atoms with Gasteiger partial charge in [-0.05, 0) is 43.3 Å². The molecule has 1 atom stereocenters. The van der Waals surface area contributed by atoms with Gasteiger partial charge >= 0.3 is 0 Å². The summed E-state index contributed by atoms with van der Waals surface area (Å²) in [5, 5.41) is 3.86. The molecule has 2 aromatic carbocycles. The van der Waals surface area contributed by atoms with Crippen LogP contribution in [0.25, 0.3) is 0 Å². The van der Waals surface area contributed by atoms with Crippen molar-refractivity contribution in [3.05, 3.63) is 58.6 Å². The Morgan fingerprint density at radius 2 is 1.75 bits per heavy atom. The average Bonchev–Trinajstić information content (AvgIpc) is 2.38. The van der Waals surface area contributed by atoms with E-state index in [4.69, 9.17) is 27.9 Å². The molecule has 0 aliphatic heterocycles. The van der Waals surface area contributed by atoms with Crippen molar-refractivity contribution in [1.82, 2.24) is 0 Å². The maximum Gasteiger partial charge on any atom is 0.265 e. The zero-order valence-corrected chi connectivity index (χ0v) is 12.3. The van der Waals surface area contributed by atoms with Crippen molar-refractivity contribution < 1.29 is 9.53 Å². The van der Waals surface area contributed by atoms with Crippen molar-refractivity contribution in [1.29, 1.82) is 0 Å². The molecule has 104 valence electrons. The Bertz CT molecular complexity index is 616. The highest BCUT2D eigenvalue weighted by molar-refractivity contribution is 6.31. The van der Waals surface area contributed by atoms with Crippen molar-refractivity contribution in [2.24, 2.45) is 0 Å². The molecule has 2 aromatic rings. The number of nitrogens with one attached hydrogen (secondary N) is 1. The summed E-state index contributed by atoms with van der Waals surface area (Å²) in [6, 6.07) is 13.8. The van der Waals surface area contributed by atoms with Gasteiger partial charge in [-0.15, -0.1) is 0 Å². The molecule has 1 N–H and O–H groups in total. The van der Waals surface area contributed by atoms with Crippen LogP contribution in [-0.4, -0.2) is 12.0 Å². The SMILES string of the molecule is CC(Oc1cccc(Cl)c1)C(=O)Nc1cccc(Cl)c1. The smallest absolute Gasteiger partial charge is 0.265 e. The number of benzene rings is 2. The molecule has 2 rings (SSSR count). The van der Waals surface area contributed by atoms with E-state index in [1.165, 1.54) is 0 Å². The molecule has 0 aliphatic rings. The van der Waals surface area contributed by atoms with Crippen LogP contribution in [0.1, 0.15) is 6.92 Å². The number of halogens is 2. The predicted octanol–water partition coefficient (Wildman–Crippen LogP) is 4.40. The van der Waals surface area contributed by atoms with Crippen LogP contribution in [0.2, 0.25) is 10.0 Å². The Morgan fingerprint density at radius 1 is 1.10 bits per heavy atom. The zero-order chi connectivity index (χ0) is 14.5. The van der Waals surface area contributed by atoms with E-state index in [-0.39, 0.29) is 5.91 Å². The van der Waals surface area contributed by atoms with Gasteiger partial charge in [0.2, 0.25) is 0 Å². The lowest BCUT2D eigenvalue weighted by Gasteiger charge is -2.15. The van der Waals surface area contributed by atoms with Crippen LogP contribution in [-0.2, 0) is 4.79 Å². The Hall–Kier alpha value is -1.71. The average molecular weight is 310 g/mol. The first-order valence-corrected chi connectivity index (χ1v) is 6.79. The van der Waals surface area contributed by atoms with Crippen molar-refractivity contribution in [3.63, 3.8) is 0 Å². The van der Waals surface area contributed by atoms with Crippen LogP contribution in [0.15, 0.2) is 48.5 Å². The molecule has 1 unspecified atom stereocenters. The molecule has 0 fully saturated rings. The van der Waals surface area contributed by atoms with Crippen LogP contribution in [0, 0.1) is 0 Å². The normalized spacial score (nSPS) is 11.8. The largest absolute Gasteiger partial charge is 0.481 e. The molecule has 0 bridgehead atoms. The van der Waals surface area contributed by atoms with Crippen LogP contribution < -0.4 is 10.1 Å². The molecule has 0 spiro atoms. The van der Waals surface area contributed by atoms with Gasteiger partial charge in [0.05, 0.1) is 0 Å². The summed E-state index contributed by atoms with van der Waals surface area (Å²) in [5.74, 6) is 0.290. The van der Waals surface area contributed by atoms with E-state index in [0.717, 1.165) is 0 Å². The molecule has 3 nitrogen and oxygen atoms in total. The number of hydrogen-bond acceptors (Lipinski definition) is 2. The summed E-state index contributed by atoms with van der Waals surface area (Å²) in [7, 11) is 0. The van der Waals surface area contributed by atoms with E-state index in [9.17, 15) is 4.79 Å². The van der Waals surface area contributed by atoms with E-state index in [1.54, 1.807) is 55.5 Å². The molecule has 0 saturated heterocycles. The van der Waals surface area contributed by atoms with Gasteiger partial charge in [-0.25, -0.2) is 0 Å². The number of amides is 1. The molecule has 0 heterocycles. The molecule has 0 aliphatic carbocycles. The third-order valence-electron chi connectivity index (χ3n) is 2.57. The third-order valence-corrected chi connectivity index (χ3v) is 3.04. The standard InChI is InChI=1S/C15H13Cl2NO2/c1-10(20-14-7-3-5-12(17)9-14)15(19)18-13-6-2-4-11(16)8-13/h2-10H,1H3,(H,18,19). The fourth-order valence-electron chi connectivity index (χ4n) is 1.61. The Balaban J connectivity index is 1.98. The van der Waals surface area contributed by atoms with Gasteiger partial charge < -0.3 is 10.1 Å². The van der Waals surface area contributed by atoms with E-state index in [0.29, 0.717) is 21.5 Å². The minimum absolute atomic E-state index is 0.257. The van der Waals surface area contributed by atoms with Gasteiger partial charge in [-0.2, -0.15) is 0 Å². The molecule has 0 aromatic heterocycles. The number of ether oxygens (including phenoxy) is 1. The molecular formula is C15H13Cl2NO2. The number of anilines is 1. The van der Waals surface area contributed by atoms with Crippen molar-refractivity contribution in [2.45, 2.75) is 13.0 Å². The first-order valence-electron chi connectivity index (χ1n) is 6.03. The Morgan fingerprint density at radius 3 is 2.40 bits per heavy atom. The maximum atomic E-state index is 12.0. The summed E-state index contributed by atoms with van der Waals surface area (Å²) in [5.41, 5.74) is 0.629. The Labute approximate surface area is 127 Å². The van der Waals surface area contributed by atoms with Gasteiger partial charge in [0.1, 0.15) is 5.75 Å². The lowest BCUT2D eigenvalue weighted by atomic mass is 10.3. The van der Waals surface area contributed by atoms with E-state index >= 15 is 0 Å². The highest BCUT2D eigenvalue weighted by Crippen LogP contribution is 2.19. The van der Waals surface area contributed by atoms with Crippen molar-refractivity contribution in [2.75, 3.05) is 5.32 Å². The third kappa shape index (κ3) is 4.15. The highest BCUT2D eigenvalue weighted by Gasteiger charge is 2.15.